The molecule has 0 bridgehead atoms. The van der Waals surface area contributed by atoms with Crippen molar-refractivity contribution in [1.29, 1.82) is 0 Å². The van der Waals surface area contributed by atoms with Crippen molar-refractivity contribution in [3.63, 3.8) is 0 Å². The molecule has 2 aromatic carbocycles. The van der Waals surface area contributed by atoms with E-state index in [2.05, 4.69) is 0 Å². The van der Waals surface area contributed by atoms with Gasteiger partial charge in [0, 0.05) is 6.07 Å². The first-order valence-corrected chi connectivity index (χ1v) is 6.40. The maximum absolute atomic E-state index is 5.11. The number of hydrogen-bond acceptors (Lipinski definition) is 3. The van der Waals surface area contributed by atoms with E-state index in [1.165, 1.54) is 5.56 Å². The summed E-state index contributed by atoms with van der Waals surface area (Å²) in [5, 5.41) is 0. The predicted octanol–water partition coefficient (Wildman–Crippen LogP) is 4.02. The zero-order chi connectivity index (χ0) is 15.0. The van der Waals surface area contributed by atoms with Crippen molar-refractivity contribution < 1.29 is 14.2 Å². The van der Waals surface area contributed by atoms with E-state index in [1.54, 1.807) is 21.3 Å². The minimum Gasteiger partial charge on any atom is -0.497 e. The normalized spacial score (nSPS) is 9.25. The number of methoxy groups -OCH3 is 3. The highest BCUT2D eigenvalue weighted by Gasteiger charge is 1.98. The number of ether oxygens (including phenoxy) is 3. The van der Waals surface area contributed by atoms with E-state index in [0.717, 1.165) is 22.8 Å². The van der Waals surface area contributed by atoms with Gasteiger partial charge in [-0.1, -0.05) is 24.3 Å². The van der Waals surface area contributed by atoms with Crippen molar-refractivity contribution in [2.75, 3.05) is 21.3 Å². The topological polar surface area (TPSA) is 27.7 Å². The number of aryl methyl sites for hydroxylation is 2. The third kappa shape index (κ3) is 4.50. The Morgan fingerprint density at radius 1 is 0.650 bits per heavy atom. The van der Waals surface area contributed by atoms with Gasteiger partial charge in [0.1, 0.15) is 17.2 Å². The van der Waals surface area contributed by atoms with Crippen molar-refractivity contribution >= 4 is 0 Å². The first-order chi connectivity index (χ1) is 9.62. The molecule has 3 nitrogen and oxygen atoms in total. The number of hydrogen-bond donors (Lipinski definition) is 0. The van der Waals surface area contributed by atoms with Gasteiger partial charge in [-0.25, -0.2) is 0 Å². The molecule has 0 aromatic heterocycles. The number of rotatable bonds is 3. The Bertz CT molecular complexity index is 536. The molecule has 0 aliphatic carbocycles. The molecule has 2 aromatic rings. The van der Waals surface area contributed by atoms with Crippen LogP contribution >= 0.6 is 0 Å². The molecule has 0 radical (unpaired) electrons. The molecule has 0 N–H and O–H groups in total. The largest absolute Gasteiger partial charge is 0.497 e. The van der Waals surface area contributed by atoms with Crippen molar-refractivity contribution in [3.8, 4) is 17.2 Å². The molecule has 0 unspecified atom stereocenters. The molecule has 3 heteroatoms. The molecule has 20 heavy (non-hydrogen) atoms. The molecule has 0 saturated carbocycles. The van der Waals surface area contributed by atoms with E-state index in [0.29, 0.717) is 0 Å². The smallest absolute Gasteiger partial charge is 0.125 e. The molecule has 0 aliphatic heterocycles. The summed E-state index contributed by atoms with van der Waals surface area (Å²) in [5.41, 5.74) is 2.30. The fourth-order valence-corrected chi connectivity index (χ4v) is 1.71. The van der Waals surface area contributed by atoms with E-state index in [9.17, 15) is 0 Å². The van der Waals surface area contributed by atoms with Gasteiger partial charge in [0.25, 0.3) is 0 Å². The van der Waals surface area contributed by atoms with Crippen molar-refractivity contribution in [2.24, 2.45) is 0 Å². The van der Waals surface area contributed by atoms with Crippen LogP contribution in [-0.4, -0.2) is 21.3 Å². The summed E-state index contributed by atoms with van der Waals surface area (Å²) in [6.45, 7) is 4.02. The summed E-state index contributed by atoms with van der Waals surface area (Å²) in [6.07, 6.45) is 0. The molecule has 2 rings (SSSR count). The number of benzene rings is 2. The quantitative estimate of drug-likeness (QED) is 0.846. The Balaban J connectivity index is 0.000000204. The van der Waals surface area contributed by atoms with Crippen LogP contribution in [0.4, 0.5) is 0 Å². The van der Waals surface area contributed by atoms with Crippen LogP contribution in [0, 0.1) is 13.8 Å². The Hall–Kier alpha value is -2.16. The lowest BCUT2D eigenvalue weighted by Gasteiger charge is -2.05. The summed E-state index contributed by atoms with van der Waals surface area (Å²) < 4.78 is 15.2. The van der Waals surface area contributed by atoms with Crippen LogP contribution in [0.15, 0.2) is 42.5 Å². The standard InChI is InChI=1S/C9H12O2.C8H10O/c1-7-4-5-8(10-2)6-9(7)11-3;1-7-5-3-4-6-8(7)9-2/h4-6H,1-3H3;3-6H,1-2H3. The zero-order valence-corrected chi connectivity index (χ0v) is 12.8. The van der Waals surface area contributed by atoms with Crippen LogP contribution < -0.4 is 14.2 Å². The van der Waals surface area contributed by atoms with Gasteiger partial charge in [-0.05, 0) is 37.1 Å². The van der Waals surface area contributed by atoms with Gasteiger partial charge in [0.15, 0.2) is 0 Å². The number of para-hydroxylation sites is 1. The van der Waals surface area contributed by atoms with Crippen molar-refractivity contribution in [3.05, 3.63) is 53.6 Å². The van der Waals surface area contributed by atoms with Gasteiger partial charge in [0.2, 0.25) is 0 Å². The lowest BCUT2D eigenvalue weighted by Crippen LogP contribution is -1.88. The van der Waals surface area contributed by atoms with E-state index < -0.39 is 0 Å². The zero-order valence-electron chi connectivity index (χ0n) is 12.8. The second-order valence-electron chi connectivity index (χ2n) is 4.31. The fraction of sp³-hybridized carbons (Fsp3) is 0.294. The predicted molar refractivity (Wildman–Crippen MR) is 82.0 cm³/mol. The van der Waals surface area contributed by atoms with Crippen LogP contribution in [0.5, 0.6) is 17.2 Å². The second-order valence-corrected chi connectivity index (χ2v) is 4.31. The van der Waals surface area contributed by atoms with Gasteiger partial charge in [0.05, 0.1) is 21.3 Å². The molecular weight excluding hydrogens is 252 g/mol. The fourth-order valence-electron chi connectivity index (χ4n) is 1.71. The van der Waals surface area contributed by atoms with Gasteiger partial charge in [-0.15, -0.1) is 0 Å². The highest BCUT2D eigenvalue weighted by Crippen LogP contribution is 2.23. The SMILES string of the molecule is COc1ccc(C)c(OC)c1.COc1ccccc1C. The summed E-state index contributed by atoms with van der Waals surface area (Å²) in [6, 6.07) is 13.7. The minimum absolute atomic E-state index is 0.826. The van der Waals surface area contributed by atoms with Crippen LogP contribution in [0.25, 0.3) is 0 Å². The molecule has 0 amide bonds. The van der Waals surface area contributed by atoms with Crippen molar-refractivity contribution in [2.45, 2.75) is 13.8 Å². The maximum Gasteiger partial charge on any atom is 0.125 e. The van der Waals surface area contributed by atoms with E-state index >= 15 is 0 Å². The first kappa shape index (κ1) is 15.9. The van der Waals surface area contributed by atoms with Gasteiger partial charge in [-0.2, -0.15) is 0 Å². The van der Waals surface area contributed by atoms with Gasteiger partial charge < -0.3 is 14.2 Å². The summed E-state index contributed by atoms with van der Waals surface area (Å²) in [4.78, 5) is 0. The second kappa shape index (κ2) is 8.10. The molecule has 0 fully saturated rings. The highest BCUT2D eigenvalue weighted by molar-refractivity contribution is 5.39. The molecule has 0 atom stereocenters. The van der Waals surface area contributed by atoms with E-state index in [-0.39, 0.29) is 0 Å². The Morgan fingerprint density at radius 2 is 1.25 bits per heavy atom. The third-order valence-corrected chi connectivity index (χ3v) is 2.93. The molecule has 0 heterocycles. The van der Waals surface area contributed by atoms with Crippen LogP contribution in [0.3, 0.4) is 0 Å². The van der Waals surface area contributed by atoms with Gasteiger partial charge >= 0.3 is 0 Å². The summed E-state index contributed by atoms with van der Waals surface area (Å²) in [5.74, 6) is 2.65. The van der Waals surface area contributed by atoms with E-state index in [1.807, 2.05) is 56.3 Å². The van der Waals surface area contributed by atoms with Gasteiger partial charge in [-0.3, -0.25) is 0 Å². The molecule has 0 spiro atoms. The molecule has 0 aliphatic rings. The third-order valence-electron chi connectivity index (χ3n) is 2.93. The minimum atomic E-state index is 0.826. The first-order valence-electron chi connectivity index (χ1n) is 6.40. The Labute approximate surface area is 121 Å². The molecular formula is C17H22O3. The Morgan fingerprint density at radius 3 is 1.75 bits per heavy atom. The monoisotopic (exact) mass is 274 g/mol. The van der Waals surface area contributed by atoms with Crippen LogP contribution in [0.2, 0.25) is 0 Å². The van der Waals surface area contributed by atoms with E-state index in [4.69, 9.17) is 14.2 Å². The highest BCUT2D eigenvalue weighted by atomic mass is 16.5. The molecule has 108 valence electrons. The average Bonchev–Trinajstić information content (AvgIpc) is 2.49. The van der Waals surface area contributed by atoms with Crippen LogP contribution in [-0.2, 0) is 0 Å². The average molecular weight is 274 g/mol. The summed E-state index contributed by atoms with van der Waals surface area (Å²) in [7, 11) is 4.98. The maximum atomic E-state index is 5.11. The van der Waals surface area contributed by atoms with Crippen molar-refractivity contribution in [1.82, 2.24) is 0 Å². The molecule has 0 saturated heterocycles. The summed E-state index contributed by atoms with van der Waals surface area (Å²) >= 11 is 0. The lowest BCUT2D eigenvalue weighted by molar-refractivity contribution is 0.392. The Kier molecular flexibility index (Phi) is 6.44. The lowest BCUT2D eigenvalue weighted by atomic mass is 10.2. The van der Waals surface area contributed by atoms with Crippen LogP contribution in [0.1, 0.15) is 11.1 Å².